The first kappa shape index (κ1) is 20.5. The number of carbonyl (C=O) groups excluding carboxylic acids is 1. The SMILES string of the molecule is CC#Cc1cncc(-c2cnc(C(=O)N3CCC4(CCc5ccccc54)CC3)cc2C)c1. The minimum atomic E-state index is 0.0320. The summed E-state index contributed by atoms with van der Waals surface area (Å²) in [6.45, 7) is 5.41. The van der Waals surface area contributed by atoms with Crippen LogP contribution >= 0.6 is 0 Å². The number of aryl methyl sites for hydroxylation is 2. The van der Waals surface area contributed by atoms with E-state index < -0.39 is 0 Å². The van der Waals surface area contributed by atoms with Crippen LogP contribution in [0.4, 0.5) is 0 Å². The zero-order valence-electron chi connectivity index (χ0n) is 18.7. The minimum absolute atomic E-state index is 0.0320. The molecule has 1 aliphatic heterocycles. The fourth-order valence-corrected chi connectivity index (χ4v) is 5.36. The van der Waals surface area contributed by atoms with E-state index in [0.717, 1.165) is 54.6 Å². The summed E-state index contributed by atoms with van der Waals surface area (Å²) in [5.41, 5.74) is 7.61. The van der Waals surface area contributed by atoms with E-state index >= 15 is 0 Å². The Morgan fingerprint density at radius 3 is 2.66 bits per heavy atom. The Bertz CT molecular complexity index is 1240. The molecule has 1 spiro atoms. The molecule has 0 unspecified atom stereocenters. The van der Waals surface area contributed by atoms with Crippen molar-refractivity contribution in [1.82, 2.24) is 14.9 Å². The molecule has 3 heterocycles. The van der Waals surface area contributed by atoms with Crippen LogP contribution in [0.3, 0.4) is 0 Å². The lowest BCUT2D eigenvalue weighted by Crippen LogP contribution is -2.44. The van der Waals surface area contributed by atoms with Crippen LogP contribution in [0.5, 0.6) is 0 Å². The molecule has 1 saturated heterocycles. The molecule has 0 N–H and O–H groups in total. The van der Waals surface area contributed by atoms with Crippen molar-refractivity contribution in [2.24, 2.45) is 0 Å². The Kier molecular flexibility index (Phi) is 5.27. The molecular formula is C28H27N3O. The summed E-state index contributed by atoms with van der Waals surface area (Å²) in [6.07, 6.45) is 9.79. The van der Waals surface area contributed by atoms with Gasteiger partial charge in [-0.1, -0.05) is 30.2 Å². The van der Waals surface area contributed by atoms with Crippen LogP contribution < -0.4 is 0 Å². The molecule has 2 aliphatic rings. The summed E-state index contributed by atoms with van der Waals surface area (Å²) in [6, 6.07) is 12.8. The molecule has 160 valence electrons. The number of nitrogens with zero attached hydrogens (tertiary/aromatic N) is 3. The van der Waals surface area contributed by atoms with Crippen molar-refractivity contribution in [2.75, 3.05) is 13.1 Å². The van der Waals surface area contributed by atoms with Crippen LogP contribution in [-0.4, -0.2) is 33.9 Å². The maximum absolute atomic E-state index is 13.2. The standard InChI is InChI=1S/C28H27N3O/c1-3-6-21-16-23(18-29-17-21)24-19-30-26(15-20(24)2)27(32)31-13-11-28(12-14-31)10-9-22-7-4-5-8-25(22)28/h4-5,7-8,15-19H,9-14H2,1-2H3. The predicted molar refractivity (Wildman–Crippen MR) is 126 cm³/mol. The van der Waals surface area contributed by atoms with E-state index in [-0.39, 0.29) is 11.3 Å². The molecule has 4 nitrogen and oxygen atoms in total. The summed E-state index contributed by atoms with van der Waals surface area (Å²) < 4.78 is 0. The molecule has 1 amide bonds. The number of fused-ring (bicyclic) bond motifs is 2. The van der Waals surface area contributed by atoms with Crippen molar-refractivity contribution >= 4 is 5.91 Å². The van der Waals surface area contributed by atoms with E-state index in [0.29, 0.717) is 5.69 Å². The van der Waals surface area contributed by atoms with Gasteiger partial charge in [0.2, 0.25) is 0 Å². The van der Waals surface area contributed by atoms with Gasteiger partial charge in [-0.2, -0.15) is 0 Å². The number of carbonyl (C=O) groups is 1. The van der Waals surface area contributed by atoms with Crippen LogP contribution in [0.1, 0.15) is 58.9 Å². The Morgan fingerprint density at radius 2 is 1.88 bits per heavy atom. The summed E-state index contributed by atoms with van der Waals surface area (Å²) >= 11 is 0. The third-order valence-corrected chi connectivity index (χ3v) is 7.12. The summed E-state index contributed by atoms with van der Waals surface area (Å²) in [5.74, 6) is 5.98. The fraction of sp³-hybridized carbons (Fsp3) is 0.321. The van der Waals surface area contributed by atoms with Crippen molar-refractivity contribution in [2.45, 2.75) is 44.9 Å². The number of aromatic nitrogens is 2. The maximum atomic E-state index is 13.2. The molecule has 0 saturated carbocycles. The number of likely N-dealkylation sites (tertiary alicyclic amines) is 1. The van der Waals surface area contributed by atoms with E-state index in [1.807, 2.05) is 37.1 Å². The number of hydrogen-bond acceptors (Lipinski definition) is 3. The van der Waals surface area contributed by atoms with Gasteiger partial charge in [-0.25, -0.2) is 0 Å². The van der Waals surface area contributed by atoms with Crippen LogP contribution in [0.25, 0.3) is 11.1 Å². The van der Waals surface area contributed by atoms with Crippen LogP contribution in [0.15, 0.2) is 55.0 Å². The average molecular weight is 422 g/mol. The van der Waals surface area contributed by atoms with Gasteiger partial charge in [-0.15, -0.1) is 5.92 Å². The second-order valence-corrected chi connectivity index (χ2v) is 8.95. The normalized spacial score (nSPS) is 16.4. The van der Waals surface area contributed by atoms with Crippen molar-refractivity contribution in [1.29, 1.82) is 0 Å². The van der Waals surface area contributed by atoms with E-state index in [9.17, 15) is 4.79 Å². The molecule has 4 heteroatoms. The van der Waals surface area contributed by atoms with Gasteiger partial charge in [-0.3, -0.25) is 14.8 Å². The lowest BCUT2D eigenvalue weighted by molar-refractivity contribution is 0.0660. The van der Waals surface area contributed by atoms with Crippen LogP contribution in [0.2, 0.25) is 0 Å². The Balaban J connectivity index is 1.32. The molecule has 3 aromatic rings. The number of benzene rings is 1. The largest absolute Gasteiger partial charge is 0.337 e. The molecule has 32 heavy (non-hydrogen) atoms. The van der Waals surface area contributed by atoms with Gasteiger partial charge in [0.15, 0.2) is 0 Å². The predicted octanol–water partition coefficient (Wildman–Crippen LogP) is 4.94. The van der Waals surface area contributed by atoms with E-state index in [1.165, 1.54) is 17.5 Å². The van der Waals surface area contributed by atoms with Crippen molar-refractivity contribution in [3.8, 4) is 23.0 Å². The Hall–Kier alpha value is -3.45. The highest BCUT2D eigenvalue weighted by molar-refractivity contribution is 5.93. The highest BCUT2D eigenvalue weighted by Crippen LogP contribution is 2.46. The number of amides is 1. The summed E-state index contributed by atoms with van der Waals surface area (Å²) in [7, 11) is 0. The van der Waals surface area contributed by atoms with Crippen LogP contribution in [-0.2, 0) is 11.8 Å². The van der Waals surface area contributed by atoms with Gasteiger partial charge < -0.3 is 4.90 Å². The van der Waals surface area contributed by atoms with Gasteiger partial charge in [0, 0.05) is 48.4 Å². The molecule has 5 rings (SSSR count). The Morgan fingerprint density at radius 1 is 1.06 bits per heavy atom. The molecule has 0 atom stereocenters. The second kappa shape index (κ2) is 8.24. The first-order chi connectivity index (χ1) is 15.6. The molecule has 0 bridgehead atoms. The van der Waals surface area contributed by atoms with E-state index in [4.69, 9.17) is 0 Å². The molecule has 1 fully saturated rings. The first-order valence-electron chi connectivity index (χ1n) is 11.3. The second-order valence-electron chi connectivity index (χ2n) is 8.95. The lowest BCUT2D eigenvalue weighted by atomic mass is 9.74. The zero-order chi connectivity index (χ0) is 22.1. The maximum Gasteiger partial charge on any atom is 0.272 e. The summed E-state index contributed by atoms with van der Waals surface area (Å²) in [5, 5.41) is 0. The number of piperidine rings is 1. The monoisotopic (exact) mass is 421 g/mol. The molecule has 0 radical (unpaired) electrons. The van der Waals surface area contributed by atoms with Crippen molar-refractivity contribution in [3.63, 3.8) is 0 Å². The topological polar surface area (TPSA) is 46.1 Å². The van der Waals surface area contributed by atoms with Crippen molar-refractivity contribution in [3.05, 3.63) is 82.9 Å². The zero-order valence-corrected chi connectivity index (χ0v) is 18.7. The fourth-order valence-electron chi connectivity index (χ4n) is 5.36. The first-order valence-corrected chi connectivity index (χ1v) is 11.3. The molecule has 1 aliphatic carbocycles. The smallest absolute Gasteiger partial charge is 0.272 e. The lowest BCUT2D eigenvalue weighted by Gasteiger charge is -2.40. The highest BCUT2D eigenvalue weighted by Gasteiger charge is 2.41. The third kappa shape index (κ3) is 3.58. The van der Waals surface area contributed by atoms with Gasteiger partial charge >= 0.3 is 0 Å². The van der Waals surface area contributed by atoms with Gasteiger partial charge in [0.25, 0.3) is 5.91 Å². The minimum Gasteiger partial charge on any atom is -0.337 e. The number of hydrogen-bond donors (Lipinski definition) is 0. The van der Waals surface area contributed by atoms with Crippen molar-refractivity contribution < 1.29 is 4.79 Å². The van der Waals surface area contributed by atoms with Gasteiger partial charge in [0.1, 0.15) is 5.69 Å². The van der Waals surface area contributed by atoms with E-state index in [2.05, 4.69) is 46.1 Å². The number of rotatable bonds is 2. The highest BCUT2D eigenvalue weighted by atomic mass is 16.2. The van der Waals surface area contributed by atoms with Gasteiger partial charge in [0.05, 0.1) is 0 Å². The molecular weight excluding hydrogens is 394 g/mol. The Labute approximate surface area is 189 Å². The van der Waals surface area contributed by atoms with E-state index in [1.54, 1.807) is 12.4 Å². The van der Waals surface area contributed by atoms with Crippen LogP contribution in [0, 0.1) is 18.8 Å². The third-order valence-electron chi connectivity index (χ3n) is 7.12. The molecule has 1 aromatic carbocycles. The quantitative estimate of drug-likeness (QED) is 0.551. The summed E-state index contributed by atoms with van der Waals surface area (Å²) in [4.78, 5) is 24.0. The molecule has 2 aromatic heterocycles. The van der Waals surface area contributed by atoms with Gasteiger partial charge in [-0.05, 0) is 73.8 Å². The average Bonchev–Trinajstić information content (AvgIpc) is 3.18. The number of pyridine rings is 2.